The Labute approximate surface area is 111 Å². The lowest BCUT2D eigenvalue weighted by molar-refractivity contribution is -0.123. The summed E-state index contributed by atoms with van der Waals surface area (Å²) in [5, 5.41) is 19.4. The fraction of sp³-hybridized carbons (Fsp3) is 0.812. The number of hydrogen-bond donors (Lipinski definition) is 1. The number of aliphatic hydroxyl groups excluding tert-OH is 1. The molecule has 0 aliphatic heterocycles. The zero-order valence-corrected chi connectivity index (χ0v) is 11.9. The maximum absolute atomic E-state index is 10.3. The maximum Gasteiger partial charge on any atom is 0.0628 e. The van der Waals surface area contributed by atoms with Crippen LogP contribution in [0.3, 0.4) is 0 Å². The van der Waals surface area contributed by atoms with E-state index in [0.717, 1.165) is 25.7 Å². The second-order valence-corrected chi connectivity index (χ2v) is 7.05. The van der Waals surface area contributed by atoms with Gasteiger partial charge in [0.05, 0.1) is 12.2 Å². The number of rotatable bonds is 1. The molecule has 4 unspecified atom stereocenters. The topological polar surface area (TPSA) is 44.0 Å². The van der Waals surface area contributed by atoms with Gasteiger partial charge in [-0.05, 0) is 48.3 Å². The number of fused-ring (bicyclic) bond motifs is 1. The highest BCUT2D eigenvalue weighted by Crippen LogP contribution is 2.61. The van der Waals surface area contributed by atoms with Crippen molar-refractivity contribution in [1.29, 1.82) is 5.26 Å². The van der Waals surface area contributed by atoms with Gasteiger partial charge in [0.1, 0.15) is 0 Å². The Hall–Kier alpha value is -0.810. The van der Waals surface area contributed by atoms with Crippen molar-refractivity contribution in [3.05, 3.63) is 12.2 Å². The van der Waals surface area contributed by atoms with Crippen molar-refractivity contribution in [3.8, 4) is 6.07 Å². The number of allylic oxidation sites excluding steroid dienone is 1. The lowest BCUT2D eigenvalue weighted by Gasteiger charge is -2.59. The smallest absolute Gasteiger partial charge is 0.0628 e. The second-order valence-electron chi connectivity index (χ2n) is 7.05. The van der Waals surface area contributed by atoms with Gasteiger partial charge in [-0.2, -0.15) is 5.26 Å². The van der Waals surface area contributed by atoms with Gasteiger partial charge in [0.25, 0.3) is 0 Å². The quantitative estimate of drug-likeness (QED) is 0.718. The Kier molecular flexibility index (Phi) is 3.32. The Morgan fingerprint density at radius 1 is 1.39 bits per heavy atom. The molecule has 2 aliphatic rings. The highest BCUT2D eigenvalue weighted by molar-refractivity contribution is 5.18. The molecule has 2 saturated carbocycles. The van der Waals surface area contributed by atoms with Crippen LogP contribution in [0.2, 0.25) is 0 Å². The maximum atomic E-state index is 10.3. The average molecular weight is 247 g/mol. The monoisotopic (exact) mass is 247 g/mol. The van der Waals surface area contributed by atoms with Gasteiger partial charge in [0, 0.05) is 6.42 Å². The van der Waals surface area contributed by atoms with Crippen LogP contribution in [0.15, 0.2) is 12.2 Å². The average Bonchev–Trinajstić information content (AvgIpc) is 2.29. The third-order valence-electron chi connectivity index (χ3n) is 5.85. The Morgan fingerprint density at radius 3 is 2.67 bits per heavy atom. The third-order valence-corrected chi connectivity index (χ3v) is 5.85. The van der Waals surface area contributed by atoms with Crippen LogP contribution in [-0.4, -0.2) is 11.2 Å². The van der Waals surface area contributed by atoms with E-state index in [1.165, 1.54) is 5.57 Å². The van der Waals surface area contributed by atoms with Gasteiger partial charge < -0.3 is 5.11 Å². The molecule has 2 rings (SSSR count). The van der Waals surface area contributed by atoms with Gasteiger partial charge >= 0.3 is 0 Å². The van der Waals surface area contributed by atoms with E-state index in [0.29, 0.717) is 18.3 Å². The minimum absolute atomic E-state index is 0.0403. The van der Waals surface area contributed by atoms with E-state index in [9.17, 15) is 5.11 Å². The van der Waals surface area contributed by atoms with Gasteiger partial charge in [-0.3, -0.25) is 0 Å². The minimum atomic E-state index is -0.204. The van der Waals surface area contributed by atoms with E-state index in [1.807, 2.05) is 0 Å². The molecule has 4 atom stereocenters. The van der Waals surface area contributed by atoms with Crippen LogP contribution in [0.25, 0.3) is 0 Å². The molecule has 0 bridgehead atoms. The summed E-state index contributed by atoms with van der Waals surface area (Å²) in [5.41, 5.74) is 1.36. The first-order valence-corrected chi connectivity index (χ1v) is 7.06. The van der Waals surface area contributed by atoms with Crippen LogP contribution >= 0.6 is 0 Å². The Bertz CT molecular complexity index is 392. The third kappa shape index (κ3) is 1.80. The van der Waals surface area contributed by atoms with Crippen LogP contribution < -0.4 is 0 Å². The summed E-state index contributed by atoms with van der Waals surface area (Å²) in [6.07, 6.45) is 4.38. The predicted octanol–water partition coefficient (Wildman–Crippen LogP) is 3.67. The van der Waals surface area contributed by atoms with E-state index in [4.69, 9.17) is 5.26 Å². The number of nitriles is 1. The summed E-state index contributed by atoms with van der Waals surface area (Å²) >= 11 is 0. The van der Waals surface area contributed by atoms with Crippen LogP contribution in [0.4, 0.5) is 0 Å². The lowest BCUT2D eigenvalue weighted by Crippen LogP contribution is -2.54. The summed E-state index contributed by atoms with van der Waals surface area (Å²) < 4.78 is 0. The molecule has 0 spiro atoms. The summed E-state index contributed by atoms with van der Waals surface area (Å²) in [7, 11) is 0. The first-order chi connectivity index (χ1) is 8.34. The van der Waals surface area contributed by atoms with Crippen LogP contribution in [0.5, 0.6) is 0 Å². The summed E-state index contributed by atoms with van der Waals surface area (Å²) in [6.45, 7) is 10.9. The van der Waals surface area contributed by atoms with E-state index in [1.54, 1.807) is 0 Å². The molecule has 0 aromatic rings. The molecule has 1 N–H and O–H groups in total. The summed E-state index contributed by atoms with van der Waals surface area (Å²) in [4.78, 5) is 0. The second kappa shape index (κ2) is 4.38. The molecule has 100 valence electrons. The number of nitrogens with zero attached hydrogens (tertiary/aromatic N) is 1. The van der Waals surface area contributed by atoms with E-state index in [2.05, 4.69) is 33.4 Å². The Morgan fingerprint density at radius 2 is 2.06 bits per heavy atom. The Balaban J connectivity index is 2.38. The molecule has 0 radical (unpaired) electrons. The van der Waals surface area contributed by atoms with E-state index < -0.39 is 0 Å². The number of hydrogen-bond acceptors (Lipinski definition) is 2. The minimum Gasteiger partial charge on any atom is -0.393 e. The van der Waals surface area contributed by atoms with Crippen molar-refractivity contribution >= 4 is 0 Å². The molecule has 0 saturated heterocycles. The lowest BCUT2D eigenvalue weighted by atomic mass is 9.46. The summed E-state index contributed by atoms with van der Waals surface area (Å²) in [6, 6.07) is 2.34. The molecule has 2 heteroatoms. The highest BCUT2D eigenvalue weighted by atomic mass is 16.3. The molecule has 18 heavy (non-hydrogen) atoms. The van der Waals surface area contributed by atoms with Gasteiger partial charge in [-0.15, -0.1) is 0 Å². The molecular formula is C16H25NO. The van der Waals surface area contributed by atoms with Crippen molar-refractivity contribution in [2.24, 2.45) is 22.7 Å². The standard InChI is InChI=1S/C16H25NO/c1-11-5-6-13-15(2,3)14(18)7-9-16(13,4)12(11)8-10-17/h12-14,18H,1,5-9H2,2-4H3. The van der Waals surface area contributed by atoms with Gasteiger partial charge in [-0.25, -0.2) is 0 Å². The highest BCUT2D eigenvalue weighted by Gasteiger charge is 2.55. The van der Waals surface area contributed by atoms with Gasteiger partial charge in [0.15, 0.2) is 0 Å². The van der Waals surface area contributed by atoms with Crippen molar-refractivity contribution in [1.82, 2.24) is 0 Å². The SMILES string of the molecule is C=C1CCC2C(C)(C)C(O)CCC2(C)C1CC#N. The molecular weight excluding hydrogens is 222 g/mol. The molecule has 2 aliphatic carbocycles. The molecule has 0 amide bonds. The first-order valence-electron chi connectivity index (χ1n) is 7.06. The van der Waals surface area contributed by atoms with Crippen molar-refractivity contribution in [2.75, 3.05) is 0 Å². The first kappa shape index (κ1) is 13.6. The predicted molar refractivity (Wildman–Crippen MR) is 72.7 cm³/mol. The zero-order valence-electron chi connectivity index (χ0n) is 11.9. The largest absolute Gasteiger partial charge is 0.393 e. The molecule has 0 aromatic heterocycles. The summed E-state index contributed by atoms with van der Waals surface area (Å²) in [5.74, 6) is 0.811. The van der Waals surface area contributed by atoms with Gasteiger partial charge in [-0.1, -0.05) is 32.9 Å². The fourth-order valence-electron chi connectivity index (χ4n) is 4.63. The number of aliphatic hydroxyl groups is 1. The van der Waals surface area contributed by atoms with Crippen LogP contribution in [-0.2, 0) is 0 Å². The fourth-order valence-corrected chi connectivity index (χ4v) is 4.63. The normalized spacial score (nSPS) is 43.1. The van der Waals surface area contributed by atoms with Crippen molar-refractivity contribution < 1.29 is 5.11 Å². The van der Waals surface area contributed by atoms with Crippen molar-refractivity contribution in [2.45, 2.75) is 59.0 Å². The molecule has 2 nitrogen and oxygen atoms in total. The van der Waals surface area contributed by atoms with Crippen LogP contribution in [0, 0.1) is 34.0 Å². The molecule has 2 fully saturated rings. The molecule has 0 aromatic carbocycles. The van der Waals surface area contributed by atoms with Crippen LogP contribution in [0.1, 0.15) is 52.9 Å². The van der Waals surface area contributed by atoms with E-state index in [-0.39, 0.29) is 16.9 Å². The van der Waals surface area contributed by atoms with Gasteiger partial charge in [0.2, 0.25) is 0 Å². The molecule has 0 heterocycles. The van der Waals surface area contributed by atoms with E-state index >= 15 is 0 Å². The van der Waals surface area contributed by atoms with Crippen molar-refractivity contribution in [3.63, 3.8) is 0 Å². The zero-order chi connectivity index (χ0) is 13.6.